The number of methoxy groups -OCH3 is 1. The van der Waals surface area contributed by atoms with Gasteiger partial charge in [0.05, 0.1) is 17.7 Å². The number of carbonyl (C=O) groups is 3. The van der Waals surface area contributed by atoms with Gasteiger partial charge in [0.2, 0.25) is 11.8 Å². The van der Waals surface area contributed by atoms with E-state index in [0.29, 0.717) is 42.4 Å². The molecule has 3 rings (SSSR count). The first-order valence-electron chi connectivity index (χ1n) is 11.3. The summed E-state index contributed by atoms with van der Waals surface area (Å²) in [6.07, 6.45) is 2.59. The van der Waals surface area contributed by atoms with E-state index in [1.165, 1.54) is 6.92 Å². The molecule has 1 N–H and O–H groups in total. The lowest BCUT2D eigenvalue weighted by Crippen LogP contribution is -2.48. The van der Waals surface area contributed by atoms with Gasteiger partial charge < -0.3 is 24.6 Å². The van der Waals surface area contributed by atoms with Crippen LogP contribution in [0.5, 0.6) is 5.75 Å². The van der Waals surface area contributed by atoms with Gasteiger partial charge in [-0.3, -0.25) is 14.4 Å². The lowest BCUT2D eigenvalue weighted by Gasteiger charge is -2.36. The zero-order valence-corrected chi connectivity index (χ0v) is 19.7. The van der Waals surface area contributed by atoms with Crippen LogP contribution in [0.15, 0.2) is 18.2 Å². The summed E-state index contributed by atoms with van der Waals surface area (Å²) < 4.78 is 11.8. The summed E-state index contributed by atoms with van der Waals surface area (Å²) in [6, 6.07) is 4.88. The highest BCUT2D eigenvalue weighted by Gasteiger charge is 2.33. The monoisotopic (exact) mass is 445 g/mol. The summed E-state index contributed by atoms with van der Waals surface area (Å²) in [5.41, 5.74) is 0.893. The number of benzene rings is 1. The molecule has 0 aromatic heterocycles. The lowest BCUT2D eigenvalue weighted by molar-refractivity contribution is -0.135. The number of rotatable bonds is 4. The average Bonchev–Trinajstić information content (AvgIpc) is 3.56. The first-order chi connectivity index (χ1) is 15.2. The van der Waals surface area contributed by atoms with Crippen LogP contribution in [0.1, 0.15) is 50.4 Å². The van der Waals surface area contributed by atoms with Crippen LogP contribution in [0.4, 0.5) is 5.69 Å². The number of amides is 3. The van der Waals surface area contributed by atoms with Crippen molar-refractivity contribution in [3.05, 3.63) is 23.8 Å². The molecule has 3 amide bonds. The van der Waals surface area contributed by atoms with E-state index in [1.54, 1.807) is 37.3 Å². The Kier molecular flexibility index (Phi) is 7.77. The fourth-order valence-corrected chi connectivity index (χ4v) is 4.09. The standard InChI is InChI=1S/C24H35N3O5/c1-15-12-27(23(29)10-18-6-7-18)16(2)14-32-21-9-8-19(25-17(3)28)11-20(21)24(30)26(4)13-22(15)31-5/h8-9,11,15-16,18,22H,6-7,10,12-14H2,1-5H3,(H,25,28)/t15-,16+,22-/m1/s1. The van der Waals surface area contributed by atoms with E-state index in [-0.39, 0.29) is 42.4 Å². The Morgan fingerprint density at radius 2 is 1.94 bits per heavy atom. The number of anilines is 1. The van der Waals surface area contributed by atoms with Crippen molar-refractivity contribution >= 4 is 23.4 Å². The Bertz CT molecular complexity index is 854. The van der Waals surface area contributed by atoms with Crippen molar-refractivity contribution in [1.29, 1.82) is 0 Å². The van der Waals surface area contributed by atoms with Crippen LogP contribution in [0, 0.1) is 11.8 Å². The van der Waals surface area contributed by atoms with E-state index in [0.717, 1.165) is 12.8 Å². The second-order valence-corrected chi connectivity index (χ2v) is 9.18. The second-order valence-electron chi connectivity index (χ2n) is 9.18. The highest BCUT2D eigenvalue weighted by molar-refractivity contribution is 5.99. The van der Waals surface area contributed by atoms with Crippen molar-refractivity contribution in [2.24, 2.45) is 11.8 Å². The molecule has 8 heteroatoms. The molecule has 1 aromatic carbocycles. The first kappa shape index (κ1) is 24.0. The summed E-state index contributed by atoms with van der Waals surface area (Å²) in [4.78, 5) is 41.3. The summed E-state index contributed by atoms with van der Waals surface area (Å²) in [5, 5.41) is 2.72. The normalized spacial score (nSPS) is 24.7. The van der Waals surface area contributed by atoms with Crippen LogP contribution in [0.2, 0.25) is 0 Å². The molecule has 1 fully saturated rings. The third-order valence-corrected chi connectivity index (χ3v) is 6.25. The van der Waals surface area contributed by atoms with Gasteiger partial charge in [-0.25, -0.2) is 0 Å². The number of likely N-dealkylation sites (N-methyl/N-ethyl adjacent to an activating group) is 1. The Morgan fingerprint density at radius 1 is 1.22 bits per heavy atom. The Balaban J connectivity index is 1.93. The van der Waals surface area contributed by atoms with Crippen LogP contribution in [0.25, 0.3) is 0 Å². The van der Waals surface area contributed by atoms with Gasteiger partial charge in [-0.05, 0) is 43.9 Å². The third kappa shape index (κ3) is 6.00. The zero-order chi connectivity index (χ0) is 23.4. The molecule has 0 bridgehead atoms. The highest BCUT2D eigenvalue weighted by Crippen LogP contribution is 2.33. The molecule has 0 spiro atoms. The Morgan fingerprint density at radius 3 is 2.56 bits per heavy atom. The van der Waals surface area contributed by atoms with Crippen LogP contribution in [0.3, 0.4) is 0 Å². The lowest BCUT2D eigenvalue weighted by atomic mass is 10.0. The molecular formula is C24H35N3O5. The summed E-state index contributed by atoms with van der Waals surface area (Å²) in [5.74, 6) is 0.684. The van der Waals surface area contributed by atoms with Gasteiger partial charge in [0.15, 0.2) is 0 Å². The number of fused-ring (bicyclic) bond motifs is 1. The predicted molar refractivity (Wildman–Crippen MR) is 122 cm³/mol. The predicted octanol–water partition coefficient (Wildman–Crippen LogP) is 2.78. The minimum Gasteiger partial charge on any atom is -0.491 e. The maximum atomic E-state index is 13.3. The van der Waals surface area contributed by atoms with E-state index in [1.807, 2.05) is 18.7 Å². The molecule has 32 heavy (non-hydrogen) atoms. The van der Waals surface area contributed by atoms with Crippen LogP contribution in [-0.4, -0.2) is 73.5 Å². The van der Waals surface area contributed by atoms with Crippen molar-refractivity contribution < 1.29 is 23.9 Å². The third-order valence-electron chi connectivity index (χ3n) is 6.25. The number of hydrogen-bond acceptors (Lipinski definition) is 5. The Labute approximate surface area is 190 Å². The van der Waals surface area contributed by atoms with E-state index in [2.05, 4.69) is 5.32 Å². The van der Waals surface area contributed by atoms with Gasteiger partial charge in [0.25, 0.3) is 5.91 Å². The first-order valence-corrected chi connectivity index (χ1v) is 11.3. The average molecular weight is 446 g/mol. The van der Waals surface area contributed by atoms with Crippen LogP contribution in [-0.2, 0) is 14.3 Å². The molecular weight excluding hydrogens is 410 g/mol. The van der Waals surface area contributed by atoms with Crippen molar-refractivity contribution in [3.8, 4) is 5.75 Å². The quantitative estimate of drug-likeness (QED) is 0.770. The van der Waals surface area contributed by atoms with Gasteiger partial charge >= 0.3 is 0 Å². The minimum atomic E-state index is -0.227. The van der Waals surface area contributed by atoms with Crippen LogP contribution >= 0.6 is 0 Å². The smallest absolute Gasteiger partial charge is 0.257 e. The van der Waals surface area contributed by atoms with E-state index >= 15 is 0 Å². The number of nitrogens with zero attached hydrogens (tertiary/aromatic N) is 2. The zero-order valence-electron chi connectivity index (χ0n) is 19.7. The molecule has 1 saturated carbocycles. The van der Waals surface area contributed by atoms with Crippen molar-refractivity contribution in [2.45, 2.75) is 52.2 Å². The van der Waals surface area contributed by atoms with Crippen molar-refractivity contribution in [2.75, 3.05) is 39.2 Å². The topological polar surface area (TPSA) is 88.2 Å². The van der Waals surface area contributed by atoms with Gasteiger partial charge in [-0.15, -0.1) is 0 Å². The molecule has 0 unspecified atom stereocenters. The molecule has 1 heterocycles. The molecule has 1 aliphatic carbocycles. The van der Waals surface area contributed by atoms with Crippen molar-refractivity contribution in [1.82, 2.24) is 9.80 Å². The summed E-state index contributed by atoms with van der Waals surface area (Å²) in [6.45, 7) is 6.63. The SMILES string of the molecule is CO[C@@H]1CN(C)C(=O)c2cc(NC(C)=O)ccc2OC[C@H](C)N(C(=O)CC2CC2)C[C@H]1C. The molecule has 8 nitrogen and oxygen atoms in total. The number of hydrogen-bond donors (Lipinski definition) is 1. The molecule has 1 aromatic rings. The van der Waals surface area contributed by atoms with Gasteiger partial charge in [0.1, 0.15) is 12.4 Å². The maximum Gasteiger partial charge on any atom is 0.257 e. The number of carbonyl (C=O) groups excluding carboxylic acids is 3. The van der Waals surface area contributed by atoms with E-state index in [9.17, 15) is 14.4 Å². The largest absolute Gasteiger partial charge is 0.491 e. The molecule has 0 radical (unpaired) electrons. The molecule has 176 valence electrons. The maximum absolute atomic E-state index is 13.3. The Hall–Kier alpha value is -2.61. The van der Waals surface area contributed by atoms with Gasteiger partial charge in [-0.1, -0.05) is 6.92 Å². The molecule has 3 atom stereocenters. The minimum absolute atomic E-state index is 0.0328. The molecule has 0 saturated heterocycles. The number of nitrogens with one attached hydrogen (secondary N) is 1. The van der Waals surface area contributed by atoms with E-state index < -0.39 is 0 Å². The summed E-state index contributed by atoms with van der Waals surface area (Å²) in [7, 11) is 3.36. The van der Waals surface area contributed by atoms with Crippen molar-refractivity contribution in [3.63, 3.8) is 0 Å². The van der Waals surface area contributed by atoms with Gasteiger partial charge in [0, 0.05) is 52.2 Å². The highest BCUT2D eigenvalue weighted by atomic mass is 16.5. The summed E-state index contributed by atoms with van der Waals surface area (Å²) >= 11 is 0. The fraction of sp³-hybridized carbons (Fsp3) is 0.625. The van der Waals surface area contributed by atoms with Crippen LogP contribution < -0.4 is 10.1 Å². The van der Waals surface area contributed by atoms with Gasteiger partial charge in [-0.2, -0.15) is 0 Å². The van der Waals surface area contributed by atoms with E-state index in [4.69, 9.17) is 9.47 Å². The second kappa shape index (κ2) is 10.3. The molecule has 2 aliphatic rings. The number of ether oxygens (including phenoxy) is 2. The molecule has 1 aliphatic heterocycles. The fourth-order valence-electron chi connectivity index (χ4n) is 4.09.